The third-order valence-electron chi connectivity index (χ3n) is 24.6. The highest BCUT2D eigenvalue weighted by Gasteiger charge is 2.53. The molecule has 4 saturated heterocycles. The van der Waals surface area contributed by atoms with Gasteiger partial charge < -0.3 is 64.8 Å². The third-order valence-corrected chi connectivity index (χ3v) is 25.0. The van der Waals surface area contributed by atoms with Crippen LogP contribution in [0, 0.1) is 35.5 Å². The van der Waals surface area contributed by atoms with Crippen molar-refractivity contribution in [3.05, 3.63) is 0 Å². The Hall–Kier alpha value is -6.32. The first-order chi connectivity index (χ1) is 48.7. The van der Waals surface area contributed by atoms with E-state index in [1.165, 1.54) is 78.7 Å². The number of carbonyl (C=O) groups excluding carboxylic acids is 12. The maximum Gasteiger partial charge on any atom is 0.393 e. The Morgan fingerprint density at radius 3 is 1.83 bits per heavy atom. The molecule has 5 unspecified atom stereocenters. The molecule has 4 saturated carbocycles. The van der Waals surface area contributed by atoms with Crippen molar-refractivity contribution in [3.63, 3.8) is 0 Å². The molecular weight excluding hydrogens is 1360 g/mol. The second-order valence-electron chi connectivity index (χ2n) is 31.8. The number of likely N-dealkylation sites (N-methyl/N-ethyl adjacent to an activating group) is 7. The summed E-state index contributed by atoms with van der Waals surface area (Å²) < 4.78 is 48.0. The number of halogens is 4. The largest absolute Gasteiger partial charge is 0.393 e. The Labute approximate surface area is 612 Å². The molecular formula is C74H118ClF3N12O13. The molecule has 0 radical (unpaired) electrons. The van der Waals surface area contributed by atoms with E-state index in [4.69, 9.17) is 16.3 Å². The fraction of sp³-hybridized carbons (Fsp3) is 0.838. The van der Waals surface area contributed by atoms with Crippen LogP contribution in [0.4, 0.5) is 13.2 Å². The molecule has 580 valence electrons. The zero-order valence-corrected chi connectivity index (χ0v) is 63.7. The fourth-order valence-corrected chi connectivity index (χ4v) is 18.2. The van der Waals surface area contributed by atoms with Gasteiger partial charge >= 0.3 is 6.18 Å². The first-order valence-corrected chi connectivity index (χ1v) is 38.8. The van der Waals surface area contributed by atoms with Crippen LogP contribution in [0.15, 0.2) is 0 Å². The monoisotopic (exact) mass is 1470 g/mol. The van der Waals surface area contributed by atoms with Gasteiger partial charge in [-0.05, 0) is 126 Å². The summed E-state index contributed by atoms with van der Waals surface area (Å²) in [6.45, 7) is 6.53. The van der Waals surface area contributed by atoms with Crippen LogP contribution < -0.4 is 16.0 Å². The third kappa shape index (κ3) is 19.8. The van der Waals surface area contributed by atoms with Gasteiger partial charge in [-0.15, -0.1) is 11.6 Å². The van der Waals surface area contributed by atoms with Crippen molar-refractivity contribution in [3.8, 4) is 0 Å². The average Bonchev–Trinajstić information content (AvgIpc) is 1.76. The summed E-state index contributed by atoms with van der Waals surface area (Å²) in [4.78, 5) is 192. The molecule has 29 heteroatoms. The van der Waals surface area contributed by atoms with Crippen LogP contribution in [0.1, 0.15) is 201 Å². The minimum atomic E-state index is -4.51. The number of hydrogen-bond donors (Lipinski definition) is 3. The Morgan fingerprint density at radius 1 is 0.612 bits per heavy atom. The standard InChI is InChI=1S/C74H118ClF3N12O13/c1-12-20-55-65(95)80-63(46(4)13-2)70(100)84(7)41-61(93)82(5)42-62(94)86(9)57(38-48-26-24-45(3)25-27-48)68(98)83(6)40-59(91)79-54(33-29-47-28-32-52(53(75)37-47)74(76,77)78)67(97)89-36-19-23-56(89)66(96)81-73(34-17-18-35-73)72(102)88(11)64(49-21-15-14-16-22-49)71(101)87(10)58(39-60(92)85(55)8)69(99)90-50-30-31-51(90)44-103-43-50/h45-58,63-64H,12-44H2,1-11H3,(H,79,91)(H,80,95)(H,81,96)/t45?,46-,47?,48?,50?,51?,52?,53?,54-,55-,56-,57-,58-,63-,64-/m0/s1. The van der Waals surface area contributed by atoms with Gasteiger partial charge in [-0.1, -0.05) is 98.3 Å². The van der Waals surface area contributed by atoms with Crippen LogP contribution >= 0.6 is 11.6 Å². The Morgan fingerprint density at radius 2 is 1.22 bits per heavy atom. The number of morpholine rings is 1. The van der Waals surface area contributed by atoms with Gasteiger partial charge in [-0.3, -0.25) is 57.5 Å². The summed E-state index contributed by atoms with van der Waals surface area (Å²) in [6, 6.07) is -9.27. The molecule has 0 aromatic rings. The summed E-state index contributed by atoms with van der Waals surface area (Å²) in [6.07, 6.45) is 6.18. The zero-order chi connectivity index (χ0) is 75.5. The lowest BCUT2D eigenvalue weighted by atomic mass is 9.78. The topological polar surface area (TPSA) is 279 Å². The quantitative estimate of drug-likeness (QED) is 0.205. The fourth-order valence-electron chi connectivity index (χ4n) is 17.7. The van der Waals surface area contributed by atoms with E-state index in [1.807, 2.05) is 13.8 Å². The summed E-state index contributed by atoms with van der Waals surface area (Å²) in [5.41, 5.74) is -1.56. The minimum Gasteiger partial charge on any atom is -0.377 e. The molecule has 2 bridgehead atoms. The summed E-state index contributed by atoms with van der Waals surface area (Å²) in [5, 5.41) is 7.64. The number of nitrogens with zero attached hydrogens (tertiary/aromatic N) is 9. The molecule has 0 aromatic carbocycles. The summed E-state index contributed by atoms with van der Waals surface area (Å²) in [7, 11) is 10.1. The number of rotatable bonds is 11. The number of carbonyl (C=O) groups is 12. The average molecular weight is 1480 g/mol. The molecule has 1 spiro atoms. The van der Waals surface area contributed by atoms with Crippen molar-refractivity contribution < 1.29 is 75.4 Å². The molecule has 4 aliphatic carbocycles. The number of nitrogens with one attached hydrogen (secondary N) is 3. The van der Waals surface area contributed by atoms with Gasteiger partial charge in [-0.25, -0.2) is 0 Å². The number of hydrogen-bond acceptors (Lipinski definition) is 13. The highest BCUT2D eigenvalue weighted by molar-refractivity contribution is 6.21. The lowest BCUT2D eigenvalue weighted by Gasteiger charge is -2.44. The predicted octanol–water partition coefficient (Wildman–Crippen LogP) is 5.86. The van der Waals surface area contributed by atoms with Gasteiger partial charge in [0.15, 0.2) is 0 Å². The van der Waals surface area contributed by atoms with Gasteiger partial charge in [0, 0.05) is 61.3 Å². The van der Waals surface area contributed by atoms with Crippen LogP contribution in [0.3, 0.4) is 0 Å². The normalized spacial score (nSPS) is 32.7. The highest BCUT2D eigenvalue weighted by atomic mass is 35.5. The first kappa shape index (κ1) is 82.3. The number of amides is 12. The van der Waals surface area contributed by atoms with E-state index in [2.05, 4.69) is 22.9 Å². The Balaban J connectivity index is 1.16. The lowest BCUT2D eigenvalue weighted by Crippen LogP contribution is -2.65. The van der Waals surface area contributed by atoms with E-state index < -0.39 is 174 Å². The lowest BCUT2D eigenvalue weighted by molar-refractivity contribution is -0.182. The molecule has 12 amide bonds. The minimum absolute atomic E-state index is 0.000712. The second-order valence-corrected chi connectivity index (χ2v) is 32.4. The van der Waals surface area contributed by atoms with Crippen molar-refractivity contribution in [2.75, 3.05) is 88.7 Å². The molecule has 8 fully saturated rings. The smallest absolute Gasteiger partial charge is 0.377 e. The molecule has 103 heavy (non-hydrogen) atoms. The predicted molar refractivity (Wildman–Crippen MR) is 379 cm³/mol. The maximum absolute atomic E-state index is 16.0. The maximum atomic E-state index is 16.0. The van der Waals surface area contributed by atoms with Crippen molar-refractivity contribution in [2.45, 2.75) is 273 Å². The van der Waals surface area contributed by atoms with E-state index in [0.29, 0.717) is 63.7 Å². The van der Waals surface area contributed by atoms with Crippen LogP contribution in [0.5, 0.6) is 0 Å². The van der Waals surface area contributed by atoms with Crippen molar-refractivity contribution in [1.29, 1.82) is 0 Å². The molecule has 8 aliphatic rings. The highest BCUT2D eigenvalue weighted by Crippen LogP contribution is 2.44. The summed E-state index contributed by atoms with van der Waals surface area (Å²) >= 11 is 6.42. The van der Waals surface area contributed by atoms with Crippen LogP contribution in [0.25, 0.3) is 0 Å². The molecule has 13 atom stereocenters. The van der Waals surface area contributed by atoms with E-state index in [1.54, 1.807) is 11.8 Å². The van der Waals surface area contributed by atoms with E-state index in [0.717, 1.165) is 54.7 Å². The van der Waals surface area contributed by atoms with E-state index in [9.17, 15) is 41.9 Å². The molecule has 25 nitrogen and oxygen atoms in total. The number of ether oxygens (including phenoxy) is 1. The van der Waals surface area contributed by atoms with Crippen LogP contribution in [-0.2, 0) is 62.3 Å². The van der Waals surface area contributed by atoms with E-state index >= 15 is 28.8 Å². The molecule has 8 rings (SSSR count). The zero-order valence-electron chi connectivity index (χ0n) is 62.9. The molecule has 4 aliphatic heterocycles. The van der Waals surface area contributed by atoms with Gasteiger partial charge in [0.1, 0.15) is 47.8 Å². The summed E-state index contributed by atoms with van der Waals surface area (Å²) in [5.74, 6) is -9.99. The number of alkyl halides is 4. The van der Waals surface area contributed by atoms with Crippen LogP contribution in [-0.4, -0.2) is 275 Å². The van der Waals surface area contributed by atoms with Gasteiger partial charge in [0.25, 0.3) is 0 Å². The molecule has 4 heterocycles. The van der Waals surface area contributed by atoms with Gasteiger partial charge in [0.05, 0.1) is 57.3 Å². The Kier molecular flexibility index (Phi) is 29.0. The van der Waals surface area contributed by atoms with Crippen molar-refractivity contribution in [2.24, 2.45) is 35.5 Å². The van der Waals surface area contributed by atoms with Gasteiger partial charge in [-0.2, -0.15) is 13.2 Å². The van der Waals surface area contributed by atoms with Gasteiger partial charge in [0.2, 0.25) is 70.9 Å². The SMILES string of the molecule is CCC[C@H]1C(=O)N[C@@H]([C@@H](C)CC)C(=O)N(C)CC(=O)N(C)CC(=O)N(C)[C@@H](CC2CCC(C)CC2)C(=O)N(C)CC(=O)N[C@@H](CCC2CCC(C(F)(F)F)C(Cl)C2)C(=O)N2CCC[C@H]2C(=O)NC2(CCCC2)C(=O)N(C)[C@@H](C2CCCCC2)C(=O)N(C)[C@H](C(=O)N2C3CCC2COC3)CC(=O)N1C. The molecule has 0 aromatic heterocycles. The number of fused-ring (bicyclic) bond motifs is 3. The Bertz CT molecular complexity index is 3020. The van der Waals surface area contributed by atoms with Crippen LogP contribution in [0.2, 0.25) is 0 Å². The molecule has 3 N–H and O–H groups in total. The van der Waals surface area contributed by atoms with E-state index in [-0.39, 0.29) is 108 Å². The van der Waals surface area contributed by atoms with Crippen molar-refractivity contribution >= 4 is 82.5 Å². The second kappa shape index (κ2) is 36.3. The first-order valence-electron chi connectivity index (χ1n) is 38.3. The van der Waals surface area contributed by atoms with Crippen molar-refractivity contribution in [1.82, 2.24) is 60.0 Å².